The third-order valence-electron chi connectivity index (χ3n) is 3.30. The molecule has 0 aliphatic rings. The van der Waals surface area contributed by atoms with E-state index in [0.717, 1.165) is 0 Å². The molecule has 8 heteroatoms. The SMILES string of the molecule is C/C=C/CC(NC(=O)c1ccc(CNS(=O)(=O)CC)cc1)C(=O)O. The molecule has 0 aromatic heterocycles. The van der Waals surface area contributed by atoms with Crippen molar-refractivity contribution in [3.63, 3.8) is 0 Å². The van der Waals surface area contributed by atoms with Crippen molar-refractivity contribution in [1.29, 1.82) is 0 Å². The number of amides is 1. The molecule has 0 saturated carbocycles. The molecule has 1 unspecified atom stereocenters. The third kappa shape index (κ3) is 6.51. The summed E-state index contributed by atoms with van der Waals surface area (Å²) in [6.45, 7) is 3.45. The first-order valence-electron chi connectivity index (χ1n) is 7.50. The normalized spacial score (nSPS) is 12.9. The van der Waals surface area contributed by atoms with Crippen molar-refractivity contribution in [2.75, 3.05) is 5.75 Å². The molecule has 132 valence electrons. The topological polar surface area (TPSA) is 113 Å². The summed E-state index contributed by atoms with van der Waals surface area (Å²) in [5, 5.41) is 11.5. The molecule has 1 atom stereocenters. The maximum Gasteiger partial charge on any atom is 0.326 e. The zero-order chi connectivity index (χ0) is 18.2. The fourth-order valence-corrected chi connectivity index (χ4v) is 2.40. The first-order chi connectivity index (χ1) is 11.3. The highest BCUT2D eigenvalue weighted by atomic mass is 32.2. The number of nitrogens with one attached hydrogen (secondary N) is 2. The first kappa shape index (κ1) is 19.9. The fourth-order valence-electron chi connectivity index (χ4n) is 1.80. The number of hydrogen-bond donors (Lipinski definition) is 3. The van der Waals surface area contributed by atoms with E-state index in [0.29, 0.717) is 11.1 Å². The van der Waals surface area contributed by atoms with Gasteiger partial charge >= 0.3 is 5.97 Å². The van der Waals surface area contributed by atoms with Crippen molar-refractivity contribution in [1.82, 2.24) is 10.0 Å². The van der Waals surface area contributed by atoms with Crippen LogP contribution < -0.4 is 10.0 Å². The Labute approximate surface area is 141 Å². The molecule has 1 amide bonds. The van der Waals surface area contributed by atoms with E-state index in [1.165, 1.54) is 12.1 Å². The Hall–Kier alpha value is -2.19. The summed E-state index contributed by atoms with van der Waals surface area (Å²) in [5.41, 5.74) is 1.01. The van der Waals surface area contributed by atoms with Gasteiger partial charge in [-0.15, -0.1) is 0 Å². The predicted molar refractivity (Wildman–Crippen MR) is 91.1 cm³/mol. The standard InChI is InChI=1S/C16H22N2O5S/c1-3-5-6-14(16(20)21)18-15(19)13-9-7-12(8-10-13)11-17-24(22,23)4-2/h3,5,7-10,14,17H,4,6,11H2,1-2H3,(H,18,19)(H,20,21)/b5-3+. The van der Waals surface area contributed by atoms with Crippen molar-refractivity contribution in [3.05, 3.63) is 47.5 Å². The number of aliphatic carboxylic acids is 1. The number of carbonyl (C=O) groups is 2. The highest BCUT2D eigenvalue weighted by Gasteiger charge is 2.19. The van der Waals surface area contributed by atoms with E-state index in [2.05, 4.69) is 10.0 Å². The van der Waals surface area contributed by atoms with Gasteiger partial charge in [-0.1, -0.05) is 24.3 Å². The van der Waals surface area contributed by atoms with Crippen molar-refractivity contribution in [2.24, 2.45) is 0 Å². The minimum atomic E-state index is -3.28. The second-order valence-corrected chi connectivity index (χ2v) is 7.19. The van der Waals surface area contributed by atoms with E-state index in [9.17, 15) is 18.0 Å². The van der Waals surface area contributed by atoms with E-state index < -0.39 is 27.9 Å². The van der Waals surface area contributed by atoms with E-state index >= 15 is 0 Å². The van der Waals surface area contributed by atoms with Gasteiger partial charge in [0, 0.05) is 12.1 Å². The molecule has 1 aromatic carbocycles. The van der Waals surface area contributed by atoms with Crippen LogP contribution in [0.3, 0.4) is 0 Å². The third-order valence-corrected chi connectivity index (χ3v) is 4.65. The Morgan fingerprint density at radius 2 is 1.88 bits per heavy atom. The fraction of sp³-hybridized carbons (Fsp3) is 0.375. The van der Waals surface area contributed by atoms with Crippen LogP contribution in [0.5, 0.6) is 0 Å². The minimum Gasteiger partial charge on any atom is -0.480 e. The van der Waals surface area contributed by atoms with Crippen molar-refractivity contribution in [2.45, 2.75) is 32.9 Å². The lowest BCUT2D eigenvalue weighted by Gasteiger charge is -2.13. The molecule has 0 radical (unpaired) electrons. The zero-order valence-electron chi connectivity index (χ0n) is 13.7. The summed E-state index contributed by atoms with van der Waals surface area (Å²) < 4.78 is 25.2. The molecular formula is C16H22N2O5S. The van der Waals surface area contributed by atoms with Crippen LogP contribution in [-0.2, 0) is 21.4 Å². The van der Waals surface area contributed by atoms with Crippen LogP contribution in [0.25, 0.3) is 0 Å². The smallest absolute Gasteiger partial charge is 0.326 e. The lowest BCUT2D eigenvalue weighted by molar-refractivity contribution is -0.139. The summed E-state index contributed by atoms with van der Waals surface area (Å²) in [6.07, 6.45) is 3.59. The summed E-state index contributed by atoms with van der Waals surface area (Å²) in [4.78, 5) is 23.2. The van der Waals surface area contributed by atoms with Crippen LogP contribution in [0.2, 0.25) is 0 Å². The molecule has 24 heavy (non-hydrogen) atoms. The number of benzene rings is 1. The number of carboxylic acid groups (broad SMARTS) is 1. The quantitative estimate of drug-likeness (QED) is 0.578. The number of hydrogen-bond acceptors (Lipinski definition) is 4. The largest absolute Gasteiger partial charge is 0.480 e. The second-order valence-electron chi connectivity index (χ2n) is 5.09. The van der Waals surface area contributed by atoms with E-state index in [1.807, 2.05) is 0 Å². The van der Waals surface area contributed by atoms with Gasteiger partial charge in [-0.25, -0.2) is 17.9 Å². The molecule has 0 saturated heterocycles. The van der Waals surface area contributed by atoms with Gasteiger partial charge in [0.2, 0.25) is 10.0 Å². The van der Waals surface area contributed by atoms with E-state index in [1.54, 1.807) is 38.1 Å². The molecule has 1 rings (SSSR count). The molecule has 0 spiro atoms. The van der Waals surface area contributed by atoms with Crippen LogP contribution in [0.1, 0.15) is 36.2 Å². The summed E-state index contributed by atoms with van der Waals surface area (Å²) in [5.74, 6) is -1.60. The lowest BCUT2D eigenvalue weighted by atomic mass is 10.1. The van der Waals surface area contributed by atoms with Gasteiger partial charge in [0.15, 0.2) is 0 Å². The number of carbonyl (C=O) groups excluding carboxylic acids is 1. The van der Waals surface area contributed by atoms with Gasteiger partial charge in [-0.2, -0.15) is 0 Å². The van der Waals surface area contributed by atoms with Crippen LogP contribution in [0, 0.1) is 0 Å². The van der Waals surface area contributed by atoms with Crippen LogP contribution in [0.4, 0.5) is 0 Å². The average Bonchev–Trinajstić information content (AvgIpc) is 2.56. The van der Waals surface area contributed by atoms with Gasteiger partial charge in [0.25, 0.3) is 5.91 Å². The van der Waals surface area contributed by atoms with Crippen LogP contribution in [-0.4, -0.2) is 37.2 Å². The Morgan fingerprint density at radius 1 is 1.25 bits per heavy atom. The summed E-state index contributed by atoms with van der Waals surface area (Å²) in [6, 6.07) is 5.30. The molecule has 1 aromatic rings. The minimum absolute atomic E-state index is 0.00370. The van der Waals surface area contributed by atoms with Gasteiger partial charge in [-0.3, -0.25) is 4.79 Å². The Kier molecular flexibility index (Phi) is 7.60. The second kappa shape index (κ2) is 9.19. The number of allylic oxidation sites excluding steroid dienone is 1. The molecular weight excluding hydrogens is 332 g/mol. The maximum absolute atomic E-state index is 12.1. The molecule has 3 N–H and O–H groups in total. The van der Waals surface area contributed by atoms with E-state index in [-0.39, 0.29) is 18.7 Å². The van der Waals surface area contributed by atoms with Crippen LogP contribution >= 0.6 is 0 Å². The highest BCUT2D eigenvalue weighted by Crippen LogP contribution is 2.06. The number of sulfonamides is 1. The lowest BCUT2D eigenvalue weighted by Crippen LogP contribution is -2.40. The van der Waals surface area contributed by atoms with Gasteiger partial charge in [-0.05, 0) is 38.0 Å². The first-order valence-corrected chi connectivity index (χ1v) is 9.15. The van der Waals surface area contributed by atoms with Crippen molar-refractivity contribution in [3.8, 4) is 0 Å². The molecule has 0 fully saturated rings. The number of rotatable bonds is 9. The van der Waals surface area contributed by atoms with Crippen molar-refractivity contribution < 1.29 is 23.1 Å². The van der Waals surface area contributed by atoms with Crippen LogP contribution in [0.15, 0.2) is 36.4 Å². The Morgan fingerprint density at radius 3 is 2.38 bits per heavy atom. The van der Waals surface area contributed by atoms with E-state index in [4.69, 9.17) is 5.11 Å². The van der Waals surface area contributed by atoms with Crippen molar-refractivity contribution >= 4 is 21.9 Å². The summed E-state index contributed by atoms with van der Waals surface area (Å²) in [7, 11) is -3.28. The Balaban J connectivity index is 2.70. The molecule has 0 aliphatic heterocycles. The molecule has 7 nitrogen and oxygen atoms in total. The van der Waals surface area contributed by atoms with Gasteiger partial charge < -0.3 is 10.4 Å². The zero-order valence-corrected chi connectivity index (χ0v) is 14.5. The molecule has 0 aliphatic carbocycles. The predicted octanol–water partition coefficient (Wildman–Crippen LogP) is 1.28. The number of carboxylic acids is 1. The average molecular weight is 354 g/mol. The molecule has 0 bridgehead atoms. The highest BCUT2D eigenvalue weighted by molar-refractivity contribution is 7.89. The van der Waals surface area contributed by atoms with Gasteiger partial charge in [0.05, 0.1) is 5.75 Å². The Bertz CT molecular complexity index is 696. The molecule has 0 heterocycles. The monoisotopic (exact) mass is 354 g/mol. The van der Waals surface area contributed by atoms with Gasteiger partial charge in [0.1, 0.15) is 6.04 Å². The summed E-state index contributed by atoms with van der Waals surface area (Å²) >= 11 is 0. The maximum atomic E-state index is 12.1.